The van der Waals surface area contributed by atoms with Crippen molar-refractivity contribution in [2.24, 2.45) is 5.10 Å². The summed E-state index contributed by atoms with van der Waals surface area (Å²) in [6.07, 6.45) is 1.52. The van der Waals surface area contributed by atoms with Crippen LogP contribution >= 0.6 is 23.2 Å². The van der Waals surface area contributed by atoms with Crippen LogP contribution in [0, 0.1) is 6.92 Å². The number of nitrogens with one attached hydrogen (secondary N) is 2. The fraction of sp³-hybridized carbons (Fsp3) is 0.118. The molecule has 0 saturated heterocycles. The van der Waals surface area contributed by atoms with Crippen molar-refractivity contribution in [1.29, 1.82) is 0 Å². The first-order chi connectivity index (χ1) is 11.5. The molecule has 2 N–H and O–H groups in total. The summed E-state index contributed by atoms with van der Waals surface area (Å²) in [6.45, 7) is 1.75. The maximum atomic E-state index is 12.0. The van der Waals surface area contributed by atoms with Crippen LogP contribution in [0.15, 0.2) is 47.6 Å². The zero-order valence-corrected chi connectivity index (χ0v) is 14.4. The summed E-state index contributed by atoms with van der Waals surface area (Å²) >= 11 is 11.7. The molecule has 5 nitrogen and oxygen atoms in total. The van der Waals surface area contributed by atoms with Crippen LogP contribution in [0.2, 0.25) is 10.0 Å². The Morgan fingerprint density at radius 2 is 1.83 bits per heavy atom. The van der Waals surface area contributed by atoms with Gasteiger partial charge < -0.3 is 5.32 Å². The van der Waals surface area contributed by atoms with Gasteiger partial charge in [-0.15, -0.1) is 0 Å². The maximum absolute atomic E-state index is 12.0. The Labute approximate surface area is 149 Å². The van der Waals surface area contributed by atoms with Crippen LogP contribution in [0.1, 0.15) is 21.5 Å². The molecular formula is C17H15Cl2N3O2. The van der Waals surface area contributed by atoms with E-state index in [4.69, 9.17) is 23.2 Å². The number of carbonyl (C=O) groups is 2. The van der Waals surface area contributed by atoms with Crippen molar-refractivity contribution >= 4 is 41.2 Å². The summed E-state index contributed by atoms with van der Waals surface area (Å²) in [5.41, 5.74) is 4.54. The van der Waals surface area contributed by atoms with Gasteiger partial charge in [-0.05, 0) is 30.7 Å². The van der Waals surface area contributed by atoms with Gasteiger partial charge >= 0.3 is 0 Å². The van der Waals surface area contributed by atoms with E-state index >= 15 is 0 Å². The second-order valence-electron chi connectivity index (χ2n) is 5.01. The Kier molecular flexibility index (Phi) is 6.35. The molecule has 2 amide bonds. The minimum atomic E-state index is -0.486. The molecule has 0 unspecified atom stereocenters. The minimum absolute atomic E-state index is 0.208. The number of hydrogen-bond donors (Lipinski definition) is 2. The van der Waals surface area contributed by atoms with E-state index < -0.39 is 11.8 Å². The topological polar surface area (TPSA) is 70.6 Å². The third-order valence-electron chi connectivity index (χ3n) is 3.06. The second-order valence-corrected chi connectivity index (χ2v) is 5.85. The van der Waals surface area contributed by atoms with Crippen molar-refractivity contribution in [3.8, 4) is 0 Å². The number of rotatable bonds is 5. The maximum Gasteiger partial charge on any atom is 0.259 e. The Morgan fingerprint density at radius 3 is 2.54 bits per heavy atom. The number of aryl methyl sites for hydroxylation is 1. The quantitative estimate of drug-likeness (QED) is 0.632. The molecule has 0 aliphatic carbocycles. The minimum Gasteiger partial charge on any atom is -0.343 e. The van der Waals surface area contributed by atoms with Crippen LogP contribution in [0.4, 0.5) is 0 Å². The predicted octanol–water partition coefficient (Wildman–Crippen LogP) is 3.18. The van der Waals surface area contributed by atoms with Crippen LogP contribution in [0.25, 0.3) is 0 Å². The van der Waals surface area contributed by atoms with Gasteiger partial charge in [-0.2, -0.15) is 5.10 Å². The lowest BCUT2D eigenvalue weighted by Crippen LogP contribution is -2.35. The van der Waals surface area contributed by atoms with Crippen molar-refractivity contribution in [3.05, 3.63) is 69.2 Å². The molecule has 124 valence electrons. The third-order valence-corrected chi connectivity index (χ3v) is 3.63. The summed E-state index contributed by atoms with van der Waals surface area (Å²) < 4.78 is 0. The summed E-state index contributed by atoms with van der Waals surface area (Å²) in [5.74, 6) is -0.940. The molecule has 2 aromatic rings. The molecule has 0 saturated carbocycles. The van der Waals surface area contributed by atoms with Gasteiger partial charge in [-0.3, -0.25) is 9.59 Å². The van der Waals surface area contributed by atoms with Crippen LogP contribution in [-0.4, -0.2) is 24.6 Å². The summed E-state index contributed by atoms with van der Waals surface area (Å²) in [5, 5.41) is 6.93. The predicted molar refractivity (Wildman–Crippen MR) is 95.7 cm³/mol. The van der Waals surface area contributed by atoms with E-state index in [1.165, 1.54) is 18.3 Å². The van der Waals surface area contributed by atoms with Crippen LogP contribution in [0.3, 0.4) is 0 Å². The van der Waals surface area contributed by atoms with E-state index in [1.807, 2.05) is 31.2 Å². The van der Waals surface area contributed by atoms with Gasteiger partial charge in [0.25, 0.3) is 11.8 Å². The van der Waals surface area contributed by atoms with Gasteiger partial charge in [0.2, 0.25) is 0 Å². The molecular weight excluding hydrogens is 349 g/mol. The molecule has 0 bridgehead atoms. The molecule has 0 heterocycles. The number of amides is 2. The van der Waals surface area contributed by atoms with Gasteiger partial charge in [0.05, 0.1) is 23.3 Å². The normalized spacial score (nSPS) is 10.6. The Morgan fingerprint density at radius 1 is 1.12 bits per heavy atom. The first-order valence-corrected chi connectivity index (χ1v) is 7.83. The first kappa shape index (κ1) is 18.0. The smallest absolute Gasteiger partial charge is 0.259 e. The highest BCUT2D eigenvalue weighted by molar-refractivity contribution is 6.35. The highest BCUT2D eigenvalue weighted by Crippen LogP contribution is 2.20. The zero-order chi connectivity index (χ0) is 17.5. The molecule has 2 rings (SSSR count). The lowest BCUT2D eigenvalue weighted by atomic mass is 10.2. The highest BCUT2D eigenvalue weighted by atomic mass is 35.5. The fourth-order valence-corrected chi connectivity index (χ4v) is 2.17. The summed E-state index contributed by atoms with van der Waals surface area (Å²) in [6, 6.07) is 12.2. The largest absolute Gasteiger partial charge is 0.343 e. The van der Waals surface area contributed by atoms with Crippen LogP contribution < -0.4 is 10.7 Å². The highest BCUT2D eigenvalue weighted by Gasteiger charge is 2.12. The standard InChI is InChI=1S/C17H15Cl2N3O2/c1-11-2-4-12(5-3-11)9-21-22-16(23)10-20-17(24)14-8-13(18)6-7-15(14)19/h2-9H,10H2,1H3,(H,20,24)(H,22,23)/b21-9+. The van der Waals surface area contributed by atoms with Crippen LogP contribution in [0.5, 0.6) is 0 Å². The molecule has 0 aromatic heterocycles. The van der Waals surface area contributed by atoms with Gasteiger partial charge in [-0.25, -0.2) is 5.43 Å². The number of benzene rings is 2. The molecule has 2 aromatic carbocycles. The van der Waals surface area contributed by atoms with Crippen molar-refractivity contribution in [2.75, 3.05) is 6.54 Å². The van der Waals surface area contributed by atoms with Crippen molar-refractivity contribution in [3.63, 3.8) is 0 Å². The van der Waals surface area contributed by atoms with Gasteiger partial charge in [-0.1, -0.05) is 53.0 Å². The SMILES string of the molecule is Cc1ccc(/C=N/NC(=O)CNC(=O)c2cc(Cl)ccc2Cl)cc1. The monoisotopic (exact) mass is 363 g/mol. The Balaban J connectivity index is 1.83. The second kappa shape index (κ2) is 8.47. The summed E-state index contributed by atoms with van der Waals surface area (Å²) in [4.78, 5) is 23.7. The number of carbonyl (C=O) groups excluding carboxylic acids is 2. The van der Waals surface area contributed by atoms with Crippen molar-refractivity contribution < 1.29 is 9.59 Å². The van der Waals surface area contributed by atoms with Gasteiger partial charge in [0.1, 0.15) is 0 Å². The molecule has 24 heavy (non-hydrogen) atoms. The lowest BCUT2D eigenvalue weighted by molar-refractivity contribution is -0.120. The third kappa shape index (κ3) is 5.37. The van der Waals surface area contributed by atoms with Gasteiger partial charge in [0.15, 0.2) is 0 Å². The van der Waals surface area contributed by atoms with E-state index in [9.17, 15) is 9.59 Å². The first-order valence-electron chi connectivity index (χ1n) is 7.07. The number of hydrogen-bond acceptors (Lipinski definition) is 3. The van der Waals surface area contributed by atoms with Crippen molar-refractivity contribution in [2.45, 2.75) is 6.92 Å². The molecule has 0 spiro atoms. The average Bonchev–Trinajstić information content (AvgIpc) is 2.56. The fourth-order valence-electron chi connectivity index (χ4n) is 1.80. The molecule has 0 fully saturated rings. The molecule has 7 heteroatoms. The number of halogens is 2. The van der Waals surface area contributed by atoms with Crippen LogP contribution in [-0.2, 0) is 4.79 Å². The van der Waals surface area contributed by atoms with Crippen molar-refractivity contribution in [1.82, 2.24) is 10.7 Å². The van der Waals surface area contributed by atoms with E-state index in [1.54, 1.807) is 6.07 Å². The number of hydrazone groups is 1. The Bertz CT molecular complexity index is 774. The van der Waals surface area contributed by atoms with E-state index in [0.717, 1.165) is 11.1 Å². The van der Waals surface area contributed by atoms with E-state index in [0.29, 0.717) is 5.02 Å². The Hall–Kier alpha value is -2.37. The molecule has 0 radical (unpaired) electrons. The average molecular weight is 364 g/mol. The lowest BCUT2D eigenvalue weighted by Gasteiger charge is -2.06. The molecule has 0 aliphatic rings. The zero-order valence-electron chi connectivity index (χ0n) is 12.8. The van der Waals surface area contributed by atoms with E-state index in [2.05, 4.69) is 15.8 Å². The molecule has 0 aliphatic heterocycles. The summed E-state index contributed by atoms with van der Waals surface area (Å²) in [7, 11) is 0. The number of nitrogens with zero attached hydrogens (tertiary/aromatic N) is 1. The molecule has 0 atom stereocenters. The van der Waals surface area contributed by atoms with Gasteiger partial charge in [0, 0.05) is 5.02 Å². The van der Waals surface area contributed by atoms with E-state index in [-0.39, 0.29) is 17.1 Å².